The highest BCUT2D eigenvalue weighted by atomic mass is 35.5. The number of morpholine rings is 1. The molecule has 2 saturated heterocycles. The number of fused-ring (bicyclic) bond motifs is 1. The van der Waals surface area contributed by atoms with Gasteiger partial charge in [-0.2, -0.15) is 0 Å². The number of furan rings is 1. The van der Waals surface area contributed by atoms with Crippen molar-refractivity contribution in [3.8, 4) is 0 Å². The quantitative estimate of drug-likeness (QED) is 0.500. The van der Waals surface area contributed by atoms with E-state index >= 15 is 0 Å². The number of carbonyl (C=O) groups excluding carboxylic acids is 1. The maximum absolute atomic E-state index is 11.4. The number of amides is 1. The molecule has 1 aromatic heterocycles. The fourth-order valence-corrected chi connectivity index (χ4v) is 5.36. The number of halogens is 2. The standard InChI is InChI=1S/C26H30Cl2N4O3/c27-21-3-1-18(16-22(21)28)23(32-11-13-34-14-12-32)5-6-30-7-9-31(10-8-30)20-2-4-24-19(15-20)17-25(35-24)26(29)33/h1-4,15-17,23H,5-14H2,(H2,29,33). The second kappa shape index (κ2) is 10.8. The Bertz CT molecular complexity index is 1190. The molecule has 7 nitrogen and oxygen atoms in total. The number of rotatable bonds is 7. The van der Waals surface area contributed by atoms with E-state index in [2.05, 4.69) is 26.8 Å². The van der Waals surface area contributed by atoms with Crippen molar-refractivity contribution in [1.29, 1.82) is 0 Å². The molecular weight excluding hydrogens is 487 g/mol. The fraction of sp³-hybridized carbons (Fsp3) is 0.423. The first-order valence-electron chi connectivity index (χ1n) is 12.1. The van der Waals surface area contributed by atoms with Gasteiger partial charge in [-0.15, -0.1) is 0 Å². The molecule has 3 aromatic rings. The molecular formula is C26H30Cl2N4O3. The summed E-state index contributed by atoms with van der Waals surface area (Å²) < 4.78 is 11.1. The monoisotopic (exact) mass is 516 g/mol. The summed E-state index contributed by atoms with van der Waals surface area (Å²) in [5.74, 6) is -0.355. The maximum atomic E-state index is 11.4. The molecule has 2 aromatic carbocycles. The predicted molar refractivity (Wildman–Crippen MR) is 140 cm³/mol. The molecule has 186 valence electrons. The minimum absolute atomic E-state index is 0.193. The molecule has 2 aliphatic heterocycles. The van der Waals surface area contributed by atoms with Crippen molar-refractivity contribution in [3.63, 3.8) is 0 Å². The molecule has 0 spiro atoms. The average Bonchev–Trinajstić information content (AvgIpc) is 3.31. The van der Waals surface area contributed by atoms with Gasteiger partial charge in [0.25, 0.3) is 5.91 Å². The Labute approximate surface area is 215 Å². The molecule has 2 N–H and O–H groups in total. The molecule has 2 fully saturated rings. The zero-order valence-electron chi connectivity index (χ0n) is 19.6. The molecule has 0 bridgehead atoms. The van der Waals surface area contributed by atoms with E-state index in [1.807, 2.05) is 24.3 Å². The highest BCUT2D eigenvalue weighted by Gasteiger charge is 2.25. The predicted octanol–water partition coefficient (Wildman–Crippen LogP) is 4.42. The van der Waals surface area contributed by atoms with Gasteiger partial charge in [0.1, 0.15) is 5.58 Å². The Kier molecular flexibility index (Phi) is 7.51. The Morgan fingerprint density at radius 2 is 1.71 bits per heavy atom. The zero-order chi connectivity index (χ0) is 24.4. The first-order valence-corrected chi connectivity index (χ1v) is 12.8. The molecule has 0 aliphatic carbocycles. The lowest BCUT2D eigenvalue weighted by molar-refractivity contribution is 0.0120. The van der Waals surface area contributed by atoms with Crippen LogP contribution in [0.4, 0.5) is 5.69 Å². The van der Waals surface area contributed by atoms with Crippen LogP contribution in [-0.4, -0.2) is 74.7 Å². The minimum atomic E-state index is -0.549. The lowest BCUT2D eigenvalue weighted by Gasteiger charge is -2.39. The number of nitrogens with two attached hydrogens (primary N) is 1. The van der Waals surface area contributed by atoms with Crippen LogP contribution in [0.25, 0.3) is 11.0 Å². The summed E-state index contributed by atoms with van der Waals surface area (Å²) in [6.07, 6.45) is 1.02. The molecule has 1 atom stereocenters. The summed E-state index contributed by atoms with van der Waals surface area (Å²) >= 11 is 12.5. The SMILES string of the molecule is NC(=O)c1cc2cc(N3CCN(CCC(c4ccc(Cl)c(Cl)c4)N4CCOCC4)CC3)ccc2o1. The highest BCUT2D eigenvalue weighted by molar-refractivity contribution is 6.42. The third kappa shape index (κ3) is 5.60. The van der Waals surface area contributed by atoms with Gasteiger partial charge in [-0.05, 0) is 48.4 Å². The van der Waals surface area contributed by atoms with Crippen molar-refractivity contribution < 1.29 is 13.9 Å². The van der Waals surface area contributed by atoms with E-state index in [1.165, 1.54) is 5.56 Å². The molecule has 1 unspecified atom stereocenters. The van der Waals surface area contributed by atoms with E-state index in [0.717, 1.165) is 76.5 Å². The van der Waals surface area contributed by atoms with Crippen LogP contribution < -0.4 is 10.6 Å². The third-order valence-corrected chi connectivity index (χ3v) is 7.75. The Hall–Kier alpha value is -2.29. The van der Waals surface area contributed by atoms with Gasteiger partial charge in [0.15, 0.2) is 5.76 Å². The van der Waals surface area contributed by atoms with Gasteiger partial charge in [-0.3, -0.25) is 14.6 Å². The van der Waals surface area contributed by atoms with E-state index < -0.39 is 5.91 Å². The van der Waals surface area contributed by atoms with E-state index in [1.54, 1.807) is 6.07 Å². The molecule has 1 amide bonds. The molecule has 0 radical (unpaired) electrons. The molecule has 9 heteroatoms. The van der Waals surface area contributed by atoms with Crippen LogP contribution in [0.1, 0.15) is 28.6 Å². The van der Waals surface area contributed by atoms with Gasteiger partial charge in [0.2, 0.25) is 0 Å². The van der Waals surface area contributed by atoms with Crippen molar-refractivity contribution >= 4 is 45.8 Å². The molecule has 3 heterocycles. The Balaban J connectivity index is 1.21. The maximum Gasteiger partial charge on any atom is 0.284 e. The van der Waals surface area contributed by atoms with Crippen molar-refractivity contribution in [2.24, 2.45) is 5.73 Å². The summed E-state index contributed by atoms with van der Waals surface area (Å²) in [5, 5.41) is 2.09. The zero-order valence-corrected chi connectivity index (χ0v) is 21.1. The second-order valence-electron chi connectivity index (χ2n) is 9.15. The number of hydrogen-bond donors (Lipinski definition) is 1. The van der Waals surface area contributed by atoms with Crippen molar-refractivity contribution in [3.05, 3.63) is 63.8 Å². The summed E-state index contributed by atoms with van der Waals surface area (Å²) in [4.78, 5) is 18.8. The van der Waals surface area contributed by atoms with Gasteiger partial charge in [-0.25, -0.2) is 0 Å². The number of anilines is 1. The van der Waals surface area contributed by atoms with Crippen molar-refractivity contribution in [2.75, 3.05) is 63.9 Å². The van der Waals surface area contributed by atoms with Gasteiger partial charge in [-0.1, -0.05) is 29.3 Å². The van der Waals surface area contributed by atoms with Gasteiger partial charge >= 0.3 is 0 Å². The van der Waals surface area contributed by atoms with E-state index in [9.17, 15) is 4.79 Å². The van der Waals surface area contributed by atoms with E-state index in [4.69, 9.17) is 38.1 Å². The van der Waals surface area contributed by atoms with Crippen molar-refractivity contribution in [2.45, 2.75) is 12.5 Å². The summed E-state index contributed by atoms with van der Waals surface area (Å²) in [5.41, 5.74) is 8.38. The number of benzene rings is 2. The van der Waals surface area contributed by atoms with E-state index in [0.29, 0.717) is 15.6 Å². The first kappa shape index (κ1) is 24.4. The number of carbonyl (C=O) groups is 1. The highest BCUT2D eigenvalue weighted by Crippen LogP contribution is 2.31. The molecule has 2 aliphatic rings. The Morgan fingerprint density at radius 3 is 2.43 bits per heavy atom. The fourth-order valence-electron chi connectivity index (χ4n) is 5.05. The summed E-state index contributed by atoms with van der Waals surface area (Å²) in [6, 6.07) is 14.0. The van der Waals surface area contributed by atoms with Gasteiger partial charge < -0.3 is 19.8 Å². The van der Waals surface area contributed by atoms with Crippen LogP contribution in [0.3, 0.4) is 0 Å². The van der Waals surface area contributed by atoms with Crippen LogP contribution in [-0.2, 0) is 4.74 Å². The number of primary amides is 1. The van der Waals surface area contributed by atoms with Crippen LogP contribution in [0.2, 0.25) is 10.0 Å². The molecule has 35 heavy (non-hydrogen) atoms. The largest absolute Gasteiger partial charge is 0.451 e. The van der Waals surface area contributed by atoms with Crippen LogP contribution in [0.5, 0.6) is 0 Å². The average molecular weight is 517 g/mol. The lowest BCUT2D eigenvalue weighted by atomic mass is 10.0. The number of nitrogens with zero attached hydrogens (tertiary/aromatic N) is 3. The first-order chi connectivity index (χ1) is 17.0. The lowest BCUT2D eigenvalue weighted by Crippen LogP contribution is -2.47. The molecule has 0 saturated carbocycles. The normalized spacial score (nSPS) is 18.7. The van der Waals surface area contributed by atoms with Crippen molar-refractivity contribution in [1.82, 2.24) is 9.80 Å². The van der Waals surface area contributed by atoms with Gasteiger partial charge in [0, 0.05) is 62.9 Å². The smallest absolute Gasteiger partial charge is 0.284 e. The third-order valence-electron chi connectivity index (χ3n) is 7.01. The summed E-state index contributed by atoms with van der Waals surface area (Å²) in [6.45, 7) is 8.26. The van der Waals surface area contributed by atoms with Crippen LogP contribution >= 0.6 is 23.2 Å². The number of hydrogen-bond acceptors (Lipinski definition) is 6. The minimum Gasteiger partial charge on any atom is -0.451 e. The van der Waals surface area contributed by atoms with E-state index in [-0.39, 0.29) is 11.8 Å². The summed E-state index contributed by atoms with van der Waals surface area (Å²) in [7, 11) is 0. The van der Waals surface area contributed by atoms with Gasteiger partial charge in [0.05, 0.1) is 23.3 Å². The topological polar surface area (TPSA) is 75.2 Å². The number of piperazine rings is 1. The van der Waals surface area contributed by atoms with Crippen LogP contribution in [0.15, 0.2) is 46.9 Å². The molecule has 5 rings (SSSR count). The number of ether oxygens (including phenoxy) is 1. The second-order valence-corrected chi connectivity index (χ2v) is 9.97. The van der Waals surface area contributed by atoms with Crippen LogP contribution in [0, 0.1) is 0 Å². The Morgan fingerprint density at radius 1 is 0.943 bits per heavy atom.